The van der Waals surface area contributed by atoms with E-state index in [9.17, 15) is 19.5 Å². The van der Waals surface area contributed by atoms with Crippen LogP contribution in [-0.4, -0.2) is 110 Å². The fraction of sp³-hybridized carbons (Fsp3) is 0.351. The van der Waals surface area contributed by atoms with Gasteiger partial charge in [-0.15, -0.1) is 0 Å². The van der Waals surface area contributed by atoms with Gasteiger partial charge in [0.25, 0.3) is 11.5 Å². The number of ether oxygens (including phenoxy) is 2. The standard InChI is InChI=1S/C31H32N4O3.C23H20Cl2N4O.C23H31ClN6O2/c1-16(2)33(4)22-14-23-34-20-12-8-6-10-17(20)25-26-19(15-32-30(26)36)24-18-11-7-9-13-21(18)35(28(24)27(25)34)31(3,38-23)29(22)37-5;1-13(2)14-6-4-7-16(10-14)27-23-26-12-15-11-17(22(30)29(3)21(15)28-23)20-18(24)8-5-9-19(20)25;1-12(2)18(10-31)27-23-28-21(19-22(29-23)30(11-25-19)14(5)6)26-15-7-8-16(17(24)9-15)20(32)13(3)4/h6-13,16,22-23,29H,14-15H2,1-5H3,(H,32,36);4-13H,1-3H3,(H,26,27,28);7-9,11-14,18,31H,10H2,1-6H3,(H2,26,27,28,29)/t22-,23-,29-,31+;;18-/m1.1/s1. The van der Waals surface area contributed by atoms with Crippen molar-refractivity contribution >= 4 is 141 Å². The summed E-state index contributed by atoms with van der Waals surface area (Å²) >= 11 is 19.0. The van der Waals surface area contributed by atoms with E-state index < -0.39 is 5.72 Å². The number of nitrogens with one attached hydrogen (secondary N) is 4. The Morgan fingerprint density at radius 2 is 1.45 bits per heavy atom. The number of nitrogens with zero attached hydrogens (tertiary/aromatic N) is 10. The van der Waals surface area contributed by atoms with E-state index >= 15 is 0 Å². The van der Waals surface area contributed by atoms with Crippen LogP contribution in [0.3, 0.4) is 0 Å². The van der Waals surface area contributed by atoms with Crippen LogP contribution in [0.5, 0.6) is 0 Å². The molecule has 12 aromatic rings. The van der Waals surface area contributed by atoms with Crippen LogP contribution in [0.2, 0.25) is 15.1 Å². The number of carbonyl (C=O) groups excluding carboxylic acids is 2. The molecule has 5 N–H and O–H groups in total. The molecule has 518 valence electrons. The van der Waals surface area contributed by atoms with Crippen molar-refractivity contribution in [3.8, 4) is 11.1 Å². The van der Waals surface area contributed by atoms with Crippen molar-refractivity contribution in [2.45, 2.75) is 137 Å². The number of hydrogen-bond acceptors (Lipinski definition) is 15. The summed E-state index contributed by atoms with van der Waals surface area (Å²) < 4.78 is 21.8. The Kier molecular flexibility index (Phi) is 19.1. The predicted octanol–water partition coefficient (Wildman–Crippen LogP) is 16.7. The second kappa shape index (κ2) is 27.5. The van der Waals surface area contributed by atoms with Crippen LogP contribution in [0.15, 0.2) is 133 Å². The Morgan fingerprint density at radius 3 is 2.11 bits per heavy atom. The van der Waals surface area contributed by atoms with E-state index in [4.69, 9.17) is 44.3 Å². The number of ketones is 1. The summed E-state index contributed by atoms with van der Waals surface area (Å²) in [6, 6.07) is 37.7. The molecule has 1 amide bonds. The fourth-order valence-electron chi connectivity index (χ4n) is 14.4. The number of methoxy groups -OCH3 is 1. The van der Waals surface area contributed by atoms with Crippen molar-refractivity contribution in [3.63, 3.8) is 0 Å². The average Bonchev–Trinajstić information content (AvgIpc) is 1.50. The maximum atomic E-state index is 13.4. The van der Waals surface area contributed by atoms with Gasteiger partial charge in [-0.25, -0.2) is 9.97 Å². The van der Waals surface area contributed by atoms with Gasteiger partial charge in [-0.05, 0) is 125 Å². The molecule has 15 rings (SSSR count). The number of aliphatic hydroxyl groups excluding tert-OH is 1. The van der Waals surface area contributed by atoms with Gasteiger partial charge in [-0.1, -0.05) is 131 Å². The molecule has 0 unspecified atom stereocenters. The zero-order valence-corrected chi connectivity index (χ0v) is 60.8. The first kappa shape index (κ1) is 69.5. The minimum atomic E-state index is -0.774. The first-order chi connectivity index (χ1) is 47.8. The molecule has 3 aliphatic heterocycles. The lowest BCUT2D eigenvalue weighted by atomic mass is 9.91. The Morgan fingerprint density at radius 1 is 0.770 bits per heavy atom. The minimum Gasteiger partial charge on any atom is -0.394 e. The number of aliphatic hydroxyl groups is 1. The number of halogens is 3. The highest BCUT2D eigenvalue weighted by molar-refractivity contribution is 6.39. The van der Waals surface area contributed by atoms with Crippen LogP contribution in [0.4, 0.5) is 29.1 Å². The number of fused-ring (bicyclic) bond motifs is 15. The lowest BCUT2D eigenvalue weighted by Crippen LogP contribution is -2.61. The number of aryl methyl sites for hydroxylation is 1. The molecule has 1 fully saturated rings. The summed E-state index contributed by atoms with van der Waals surface area (Å²) in [7, 11) is 5.68. The number of amides is 1. The SMILES string of the molecule is CC(C)C(=O)c1ccc(Nc2nc(N[C@H](CO)C(C)C)nc3c2ncn3C(C)C)cc1Cl.CC(C)c1cccc(Nc2ncc3cc(-c4c(Cl)cccc4Cl)c(=O)n(C)c3n2)c1.CO[C@@H]1[C@H](N(C)C(C)C)C[C@H]2O[C@]1(C)n1c3ccccc3c3c4c(c5c6ccccc6n2c5c31)C(=O)NC4. The lowest BCUT2D eigenvalue weighted by Gasteiger charge is -2.51. The molecule has 9 heterocycles. The van der Waals surface area contributed by atoms with Gasteiger partial charge >= 0.3 is 0 Å². The summed E-state index contributed by atoms with van der Waals surface area (Å²) in [6.07, 6.45) is 3.78. The van der Waals surface area contributed by atoms with E-state index in [-0.39, 0.29) is 66.1 Å². The summed E-state index contributed by atoms with van der Waals surface area (Å²) in [5.41, 5.74) is 11.3. The number of aromatic nitrogens is 9. The highest BCUT2D eigenvalue weighted by Crippen LogP contribution is 2.54. The molecular weight excluding hydrogens is 1320 g/mol. The van der Waals surface area contributed by atoms with Crippen LogP contribution in [-0.2, 0) is 28.8 Å². The van der Waals surface area contributed by atoms with Crippen LogP contribution < -0.4 is 26.8 Å². The topological polar surface area (TPSA) is 225 Å². The molecule has 6 aromatic heterocycles. The Hall–Kier alpha value is -8.99. The number of likely N-dealkylation sites (N-methyl/N-ethyl adjacent to an activating group) is 1. The van der Waals surface area contributed by atoms with Crippen LogP contribution in [0.1, 0.15) is 133 Å². The van der Waals surface area contributed by atoms with Gasteiger partial charge in [0.2, 0.25) is 11.9 Å². The molecule has 2 bridgehead atoms. The number of hydrogen-bond donors (Lipinski definition) is 5. The Bertz CT molecular complexity index is 5250. The first-order valence-electron chi connectivity index (χ1n) is 34.0. The number of imidazole rings is 1. The molecule has 20 nitrogen and oxygen atoms in total. The number of benzene rings is 6. The minimum absolute atomic E-state index is 0.00290. The van der Waals surface area contributed by atoms with Crippen LogP contribution in [0.25, 0.3) is 76.9 Å². The molecule has 3 aliphatic rings. The third-order valence-electron chi connectivity index (χ3n) is 19.8. The maximum Gasteiger partial charge on any atom is 0.259 e. The quantitative estimate of drug-likeness (QED) is 0.0567. The molecule has 23 heteroatoms. The molecule has 0 radical (unpaired) electrons. The molecular formula is C77H83Cl3N14O6. The molecule has 100 heavy (non-hydrogen) atoms. The Balaban J connectivity index is 0.000000136. The smallest absolute Gasteiger partial charge is 0.259 e. The van der Waals surface area contributed by atoms with E-state index in [1.165, 1.54) is 10.1 Å². The number of para-hydroxylation sites is 2. The van der Waals surface area contributed by atoms with Crippen molar-refractivity contribution in [1.29, 1.82) is 0 Å². The average molecular weight is 1410 g/mol. The van der Waals surface area contributed by atoms with Crippen molar-refractivity contribution in [2.24, 2.45) is 18.9 Å². The van der Waals surface area contributed by atoms with Gasteiger partial charge < -0.3 is 49.5 Å². The highest BCUT2D eigenvalue weighted by atomic mass is 35.5. The fourth-order valence-corrected chi connectivity index (χ4v) is 15.3. The summed E-state index contributed by atoms with van der Waals surface area (Å²) in [5.74, 6) is 1.80. The van der Waals surface area contributed by atoms with Crippen LogP contribution in [0, 0.1) is 11.8 Å². The van der Waals surface area contributed by atoms with Gasteiger partial charge in [0, 0.05) is 107 Å². The third kappa shape index (κ3) is 12.2. The normalized spacial score (nSPS) is 17.5. The summed E-state index contributed by atoms with van der Waals surface area (Å²) in [6.45, 7) is 23.3. The van der Waals surface area contributed by atoms with Gasteiger partial charge in [0.15, 0.2) is 28.5 Å². The van der Waals surface area contributed by atoms with Gasteiger partial charge in [0.1, 0.15) is 18.0 Å². The van der Waals surface area contributed by atoms with E-state index in [2.05, 4.69) is 176 Å². The van der Waals surface area contributed by atoms with Crippen LogP contribution >= 0.6 is 34.8 Å². The van der Waals surface area contributed by atoms with E-state index in [1.807, 2.05) is 51.5 Å². The zero-order valence-electron chi connectivity index (χ0n) is 58.5. The van der Waals surface area contributed by atoms with E-state index in [1.54, 1.807) is 62.0 Å². The van der Waals surface area contributed by atoms with Gasteiger partial charge in [-0.2, -0.15) is 15.0 Å². The number of rotatable bonds is 16. The summed E-state index contributed by atoms with van der Waals surface area (Å²) in [5, 5.41) is 28.9. The monoisotopic (exact) mass is 1400 g/mol. The molecule has 0 spiro atoms. The molecule has 5 atom stereocenters. The number of carbonyl (C=O) groups is 2. The molecule has 0 aliphatic carbocycles. The second-order valence-corrected chi connectivity index (χ2v) is 29.0. The van der Waals surface area contributed by atoms with Gasteiger partial charge in [0.05, 0.1) is 67.2 Å². The Labute approximate surface area is 595 Å². The zero-order chi connectivity index (χ0) is 71.1. The first-order valence-corrected chi connectivity index (χ1v) is 35.1. The maximum absolute atomic E-state index is 13.4. The third-order valence-corrected chi connectivity index (χ3v) is 20.8. The van der Waals surface area contributed by atoms with Crippen molar-refractivity contribution in [3.05, 3.63) is 175 Å². The van der Waals surface area contributed by atoms with E-state index in [0.29, 0.717) is 95.9 Å². The molecule has 0 saturated carbocycles. The molecule has 6 aromatic carbocycles. The summed E-state index contributed by atoms with van der Waals surface area (Å²) in [4.78, 5) is 64.0. The van der Waals surface area contributed by atoms with E-state index in [0.717, 1.165) is 66.8 Å². The van der Waals surface area contributed by atoms with Gasteiger partial charge in [-0.3, -0.25) is 23.9 Å². The van der Waals surface area contributed by atoms with Crippen molar-refractivity contribution in [2.75, 3.05) is 36.7 Å². The number of anilines is 5. The highest BCUT2D eigenvalue weighted by Gasteiger charge is 2.54. The lowest BCUT2D eigenvalue weighted by molar-refractivity contribution is -0.269. The predicted molar refractivity (Wildman–Crippen MR) is 402 cm³/mol. The van der Waals surface area contributed by atoms with Crippen molar-refractivity contribution in [1.82, 2.24) is 53.4 Å². The number of pyridine rings is 1. The largest absolute Gasteiger partial charge is 0.394 e. The second-order valence-electron chi connectivity index (χ2n) is 27.8. The molecule has 1 saturated heterocycles. The number of Topliss-reactive ketones (excluding diaryl/α,β-unsaturated/α-hetero) is 1. The van der Waals surface area contributed by atoms with Crippen molar-refractivity contribution < 1.29 is 24.2 Å².